The molecule has 14 heavy (non-hydrogen) atoms. The molecule has 0 bridgehead atoms. The van der Waals surface area contributed by atoms with Crippen LogP contribution in [0.15, 0.2) is 24.7 Å². The van der Waals surface area contributed by atoms with Crippen LogP contribution >= 0.6 is 0 Å². The summed E-state index contributed by atoms with van der Waals surface area (Å²) in [6, 6.07) is 3.64. The van der Waals surface area contributed by atoms with E-state index in [0.29, 0.717) is 5.69 Å². The molecule has 2 heterocycles. The first-order valence-electron chi connectivity index (χ1n) is 4.41. The standard InChI is InChI=1S/C9H11N5/c1-2-14-9(12-6-13-14)8-4-3-7(10)5-11-8/h3-6H,2,10H2,1H3. The zero-order valence-corrected chi connectivity index (χ0v) is 7.88. The van der Waals surface area contributed by atoms with Crippen LogP contribution in [0.5, 0.6) is 0 Å². The molecule has 0 aliphatic heterocycles. The normalized spacial score (nSPS) is 10.4. The van der Waals surface area contributed by atoms with Gasteiger partial charge in [-0.2, -0.15) is 5.10 Å². The molecule has 0 spiro atoms. The maximum atomic E-state index is 5.55. The average Bonchev–Trinajstić information content (AvgIpc) is 2.67. The van der Waals surface area contributed by atoms with Gasteiger partial charge in [0.2, 0.25) is 0 Å². The monoisotopic (exact) mass is 189 g/mol. The van der Waals surface area contributed by atoms with E-state index in [-0.39, 0.29) is 0 Å². The summed E-state index contributed by atoms with van der Waals surface area (Å²) in [4.78, 5) is 8.32. The summed E-state index contributed by atoms with van der Waals surface area (Å²) in [6.07, 6.45) is 3.14. The van der Waals surface area contributed by atoms with E-state index in [9.17, 15) is 0 Å². The lowest BCUT2D eigenvalue weighted by atomic mass is 10.3. The highest BCUT2D eigenvalue weighted by atomic mass is 15.3. The van der Waals surface area contributed by atoms with Gasteiger partial charge in [-0.25, -0.2) is 9.67 Å². The SMILES string of the molecule is CCn1ncnc1-c1ccc(N)cn1. The van der Waals surface area contributed by atoms with Gasteiger partial charge in [-0.05, 0) is 19.1 Å². The molecule has 0 aromatic carbocycles. The van der Waals surface area contributed by atoms with E-state index in [2.05, 4.69) is 15.1 Å². The van der Waals surface area contributed by atoms with E-state index in [4.69, 9.17) is 5.73 Å². The van der Waals surface area contributed by atoms with E-state index in [1.165, 1.54) is 6.33 Å². The Bertz CT molecular complexity index is 417. The minimum atomic E-state index is 0.649. The Balaban J connectivity index is 2.44. The molecule has 72 valence electrons. The molecule has 0 radical (unpaired) electrons. The van der Waals surface area contributed by atoms with Crippen molar-refractivity contribution in [3.63, 3.8) is 0 Å². The Morgan fingerprint density at radius 2 is 2.21 bits per heavy atom. The first-order chi connectivity index (χ1) is 6.81. The Morgan fingerprint density at radius 3 is 2.86 bits per heavy atom. The summed E-state index contributed by atoms with van der Waals surface area (Å²) in [7, 11) is 0. The Labute approximate surface area is 81.6 Å². The number of anilines is 1. The van der Waals surface area contributed by atoms with Crippen LogP contribution < -0.4 is 5.73 Å². The van der Waals surface area contributed by atoms with E-state index >= 15 is 0 Å². The number of pyridine rings is 1. The van der Waals surface area contributed by atoms with E-state index < -0.39 is 0 Å². The average molecular weight is 189 g/mol. The maximum Gasteiger partial charge on any atom is 0.176 e. The van der Waals surface area contributed by atoms with Gasteiger partial charge in [0, 0.05) is 6.54 Å². The van der Waals surface area contributed by atoms with E-state index in [1.54, 1.807) is 16.9 Å². The lowest BCUT2D eigenvalue weighted by molar-refractivity contribution is 0.664. The second-order valence-electron chi connectivity index (χ2n) is 2.88. The van der Waals surface area contributed by atoms with Crippen molar-refractivity contribution >= 4 is 5.69 Å². The number of nitrogens with zero attached hydrogens (tertiary/aromatic N) is 4. The zero-order valence-electron chi connectivity index (χ0n) is 7.88. The molecule has 0 atom stereocenters. The van der Waals surface area contributed by atoms with Gasteiger partial charge in [-0.1, -0.05) is 0 Å². The van der Waals surface area contributed by atoms with Crippen LogP contribution in [0.2, 0.25) is 0 Å². The van der Waals surface area contributed by atoms with Gasteiger partial charge in [0.25, 0.3) is 0 Å². The van der Waals surface area contributed by atoms with E-state index in [0.717, 1.165) is 18.1 Å². The van der Waals surface area contributed by atoms with Crippen molar-refractivity contribution in [2.24, 2.45) is 0 Å². The first-order valence-corrected chi connectivity index (χ1v) is 4.41. The number of hydrogen-bond acceptors (Lipinski definition) is 4. The summed E-state index contributed by atoms with van der Waals surface area (Å²) >= 11 is 0. The maximum absolute atomic E-state index is 5.55. The molecule has 0 fully saturated rings. The highest BCUT2D eigenvalue weighted by Crippen LogP contribution is 2.13. The van der Waals surface area contributed by atoms with Gasteiger partial charge >= 0.3 is 0 Å². The highest BCUT2D eigenvalue weighted by Gasteiger charge is 2.06. The second-order valence-corrected chi connectivity index (χ2v) is 2.88. The van der Waals surface area contributed by atoms with Crippen molar-refractivity contribution < 1.29 is 0 Å². The number of aromatic nitrogens is 4. The quantitative estimate of drug-likeness (QED) is 0.763. The van der Waals surface area contributed by atoms with Crippen LogP contribution in [-0.2, 0) is 6.54 Å². The van der Waals surface area contributed by atoms with E-state index in [1.807, 2.05) is 13.0 Å². The van der Waals surface area contributed by atoms with Gasteiger partial charge in [0.1, 0.15) is 12.0 Å². The molecule has 2 rings (SSSR count). The van der Waals surface area contributed by atoms with Gasteiger partial charge < -0.3 is 5.73 Å². The van der Waals surface area contributed by atoms with Crippen LogP contribution in [0, 0.1) is 0 Å². The second kappa shape index (κ2) is 3.45. The summed E-state index contributed by atoms with van der Waals surface area (Å²) in [5.41, 5.74) is 6.98. The number of rotatable bonds is 2. The minimum absolute atomic E-state index is 0.649. The predicted octanol–water partition coefficient (Wildman–Crippen LogP) is 0.942. The molecule has 0 unspecified atom stereocenters. The third-order valence-corrected chi connectivity index (χ3v) is 1.93. The summed E-state index contributed by atoms with van der Waals surface area (Å²) in [5.74, 6) is 0.771. The Hall–Kier alpha value is -1.91. The molecule has 0 saturated heterocycles. The number of nitrogens with two attached hydrogens (primary N) is 1. The van der Waals surface area contributed by atoms with Gasteiger partial charge in [-0.3, -0.25) is 4.98 Å². The Kier molecular flexibility index (Phi) is 2.14. The lowest BCUT2D eigenvalue weighted by Crippen LogP contribution is -2.00. The fourth-order valence-corrected chi connectivity index (χ4v) is 1.23. The first kappa shape index (κ1) is 8.68. The van der Waals surface area contributed by atoms with Crippen molar-refractivity contribution in [3.05, 3.63) is 24.7 Å². The van der Waals surface area contributed by atoms with Gasteiger partial charge in [0.15, 0.2) is 5.82 Å². The summed E-state index contributed by atoms with van der Waals surface area (Å²) in [5, 5.41) is 4.07. The molecule has 2 aromatic heterocycles. The molecule has 0 amide bonds. The third kappa shape index (κ3) is 1.44. The largest absolute Gasteiger partial charge is 0.397 e. The van der Waals surface area contributed by atoms with Crippen LogP contribution in [-0.4, -0.2) is 19.7 Å². The minimum Gasteiger partial charge on any atom is -0.397 e. The fraction of sp³-hybridized carbons (Fsp3) is 0.222. The Morgan fingerprint density at radius 1 is 1.36 bits per heavy atom. The van der Waals surface area contributed by atoms with Crippen molar-refractivity contribution in [3.8, 4) is 11.5 Å². The molecular weight excluding hydrogens is 178 g/mol. The van der Waals surface area contributed by atoms with Crippen LogP contribution in [0.1, 0.15) is 6.92 Å². The zero-order chi connectivity index (χ0) is 9.97. The molecule has 0 aliphatic rings. The van der Waals surface area contributed by atoms with Crippen LogP contribution in [0.3, 0.4) is 0 Å². The highest BCUT2D eigenvalue weighted by molar-refractivity contribution is 5.52. The van der Waals surface area contributed by atoms with Crippen molar-refractivity contribution in [2.75, 3.05) is 5.73 Å². The molecular formula is C9H11N5. The van der Waals surface area contributed by atoms with Crippen molar-refractivity contribution in [1.29, 1.82) is 0 Å². The van der Waals surface area contributed by atoms with Gasteiger partial charge in [-0.15, -0.1) is 0 Å². The van der Waals surface area contributed by atoms with Crippen LogP contribution in [0.4, 0.5) is 5.69 Å². The van der Waals surface area contributed by atoms with Crippen molar-refractivity contribution in [2.45, 2.75) is 13.5 Å². The molecule has 5 nitrogen and oxygen atoms in total. The lowest BCUT2D eigenvalue weighted by Gasteiger charge is -2.01. The van der Waals surface area contributed by atoms with Gasteiger partial charge in [0.05, 0.1) is 11.9 Å². The number of nitrogen functional groups attached to an aromatic ring is 1. The molecule has 2 N–H and O–H groups in total. The summed E-state index contributed by atoms with van der Waals surface area (Å²) in [6.45, 7) is 2.79. The number of aryl methyl sites for hydroxylation is 1. The van der Waals surface area contributed by atoms with Crippen LogP contribution in [0.25, 0.3) is 11.5 Å². The molecule has 2 aromatic rings. The predicted molar refractivity (Wildman–Crippen MR) is 53.3 cm³/mol. The fourth-order valence-electron chi connectivity index (χ4n) is 1.23. The smallest absolute Gasteiger partial charge is 0.176 e. The topological polar surface area (TPSA) is 69.6 Å². The third-order valence-electron chi connectivity index (χ3n) is 1.93. The number of hydrogen-bond donors (Lipinski definition) is 1. The van der Waals surface area contributed by atoms with Crippen molar-refractivity contribution in [1.82, 2.24) is 19.7 Å². The molecule has 0 saturated carbocycles. The molecule has 5 heteroatoms. The summed E-state index contributed by atoms with van der Waals surface area (Å²) < 4.78 is 1.79. The molecule has 0 aliphatic carbocycles.